The molecule has 4 heteroatoms. The Balaban J connectivity index is 1.84. The van der Waals surface area contributed by atoms with Gasteiger partial charge in [-0.3, -0.25) is 9.59 Å². The second kappa shape index (κ2) is 8.73. The predicted octanol–water partition coefficient (Wildman–Crippen LogP) is 4.40. The predicted molar refractivity (Wildman–Crippen MR) is 87.8 cm³/mol. The first kappa shape index (κ1) is 16.7. The fourth-order valence-corrected chi connectivity index (χ4v) is 2.10. The van der Waals surface area contributed by atoms with Crippen LogP contribution in [0.3, 0.4) is 0 Å². The average Bonchev–Trinajstić information content (AvgIpc) is 2.56. The highest BCUT2D eigenvalue weighted by Gasteiger charge is 2.08. The largest absolute Gasteiger partial charge is 0.466 e. The van der Waals surface area contributed by atoms with Gasteiger partial charge in [-0.25, -0.2) is 0 Å². The zero-order valence-corrected chi connectivity index (χ0v) is 13.2. The number of para-hydroxylation sites is 1. The van der Waals surface area contributed by atoms with Crippen molar-refractivity contribution in [3.05, 3.63) is 60.2 Å². The number of hydrogen-bond donors (Lipinski definition) is 0. The molecule has 0 unspecified atom stereocenters. The van der Waals surface area contributed by atoms with Crippen LogP contribution in [0.5, 0.6) is 11.5 Å². The number of ether oxygens (including phenoxy) is 2. The van der Waals surface area contributed by atoms with Crippen LogP contribution in [0.25, 0.3) is 0 Å². The van der Waals surface area contributed by atoms with Crippen LogP contribution in [0.4, 0.5) is 0 Å². The topological polar surface area (TPSA) is 52.6 Å². The normalized spacial score (nSPS) is 10.1. The summed E-state index contributed by atoms with van der Waals surface area (Å²) in [5, 5.41) is 0. The summed E-state index contributed by atoms with van der Waals surface area (Å²) < 4.78 is 10.5. The summed E-state index contributed by atoms with van der Waals surface area (Å²) in [4.78, 5) is 23.3. The Morgan fingerprint density at radius 1 is 0.870 bits per heavy atom. The molecule has 0 aliphatic rings. The number of carbonyl (C=O) groups is 2. The Morgan fingerprint density at radius 3 is 2.17 bits per heavy atom. The first-order chi connectivity index (χ1) is 11.2. The molecule has 0 radical (unpaired) electrons. The highest BCUT2D eigenvalue weighted by atomic mass is 16.5. The van der Waals surface area contributed by atoms with Crippen molar-refractivity contribution in [3.63, 3.8) is 0 Å². The van der Waals surface area contributed by atoms with Gasteiger partial charge < -0.3 is 9.47 Å². The molecule has 0 heterocycles. The molecule has 0 bridgehead atoms. The first-order valence-corrected chi connectivity index (χ1v) is 7.71. The molecule has 2 rings (SSSR count). The number of hydrogen-bond acceptors (Lipinski definition) is 4. The molecule has 0 N–H and O–H groups in total. The fraction of sp³-hybridized carbons (Fsp3) is 0.263. The van der Waals surface area contributed by atoms with E-state index in [-0.39, 0.29) is 18.2 Å². The molecular weight excluding hydrogens is 292 g/mol. The second-order valence-corrected chi connectivity index (χ2v) is 5.02. The van der Waals surface area contributed by atoms with Crippen molar-refractivity contribution < 1.29 is 19.1 Å². The fourth-order valence-electron chi connectivity index (χ4n) is 2.10. The van der Waals surface area contributed by atoms with Crippen LogP contribution >= 0.6 is 0 Å². The van der Waals surface area contributed by atoms with Crippen LogP contribution in [0.2, 0.25) is 0 Å². The summed E-state index contributed by atoms with van der Waals surface area (Å²) in [6.45, 7) is 2.14. The number of benzene rings is 2. The number of Topliss-reactive ketones (excluding diaryl/α,β-unsaturated/α-hetero) is 1. The van der Waals surface area contributed by atoms with Gasteiger partial charge in [0.15, 0.2) is 5.78 Å². The van der Waals surface area contributed by atoms with Crippen molar-refractivity contribution in [2.24, 2.45) is 0 Å². The molecule has 0 aliphatic heterocycles. The van der Waals surface area contributed by atoms with Crippen LogP contribution in [0, 0.1) is 0 Å². The summed E-state index contributed by atoms with van der Waals surface area (Å²) in [6, 6.07) is 16.5. The maximum atomic E-state index is 12.1. The van der Waals surface area contributed by atoms with E-state index in [1.165, 1.54) is 0 Å². The second-order valence-electron chi connectivity index (χ2n) is 5.02. The Kier molecular flexibility index (Phi) is 6.36. The lowest BCUT2D eigenvalue weighted by Crippen LogP contribution is -2.05. The van der Waals surface area contributed by atoms with Crippen LogP contribution in [-0.4, -0.2) is 18.4 Å². The van der Waals surface area contributed by atoms with Crippen LogP contribution in [0.1, 0.15) is 36.5 Å². The van der Waals surface area contributed by atoms with Crippen molar-refractivity contribution >= 4 is 11.8 Å². The maximum absolute atomic E-state index is 12.1. The molecule has 0 fully saturated rings. The van der Waals surface area contributed by atoms with Gasteiger partial charge >= 0.3 is 5.97 Å². The van der Waals surface area contributed by atoms with E-state index in [0.29, 0.717) is 30.8 Å². The molecule has 0 aliphatic carbocycles. The van der Waals surface area contributed by atoms with Gasteiger partial charge in [0.25, 0.3) is 0 Å². The van der Waals surface area contributed by atoms with Gasteiger partial charge in [-0.05, 0) is 49.7 Å². The van der Waals surface area contributed by atoms with E-state index in [4.69, 9.17) is 9.47 Å². The monoisotopic (exact) mass is 312 g/mol. The van der Waals surface area contributed by atoms with Gasteiger partial charge in [0.05, 0.1) is 6.61 Å². The van der Waals surface area contributed by atoms with Crippen molar-refractivity contribution in [1.82, 2.24) is 0 Å². The molecule has 2 aromatic rings. The van der Waals surface area contributed by atoms with E-state index in [2.05, 4.69) is 0 Å². The molecule has 0 saturated carbocycles. The molecule has 23 heavy (non-hydrogen) atoms. The number of carbonyl (C=O) groups excluding carboxylic acids is 2. The van der Waals surface area contributed by atoms with Gasteiger partial charge in [0.2, 0.25) is 0 Å². The minimum atomic E-state index is -0.257. The maximum Gasteiger partial charge on any atom is 0.305 e. The SMILES string of the molecule is CCOC(=O)CCCC(=O)c1ccc(Oc2ccccc2)cc1. The number of rotatable bonds is 8. The van der Waals surface area contributed by atoms with E-state index in [9.17, 15) is 9.59 Å². The summed E-state index contributed by atoms with van der Waals surface area (Å²) >= 11 is 0. The van der Waals surface area contributed by atoms with E-state index in [1.54, 1.807) is 31.2 Å². The van der Waals surface area contributed by atoms with Gasteiger partial charge in [-0.15, -0.1) is 0 Å². The lowest BCUT2D eigenvalue weighted by atomic mass is 10.1. The van der Waals surface area contributed by atoms with Crippen molar-refractivity contribution in [2.75, 3.05) is 6.61 Å². The molecule has 120 valence electrons. The van der Waals surface area contributed by atoms with Crippen LogP contribution < -0.4 is 4.74 Å². The van der Waals surface area contributed by atoms with Gasteiger partial charge in [-0.2, -0.15) is 0 Å². The third-order valence-electron chi connectivity index (χ3n) is 3.25. The van der Waals surface area contributed by atoms with Gasteiger partial charge in [0, 0.05) is 18.4 Å². The first-order valence-electron chi connectivity index (χ1n) is 7.71. The third-order valence-corrected chi connectivity index (χ3v) is 3.25. The van der Waals surface area contributed by atoms with E-state index in [0.717, 1.165) is 5.75 Å². The van der Waals surface area contributed by atoms with E-state index >= 15 is 0 Å². The zero-order valence-electron chi connectivity index (χ0n) is 13.2. The molecule has 4 nitrogen and oxygen atoms in total. The quantitative estimate of drug-likeness (QED) is 0.535. The molecular formula is C19H20O4. The lowest BCUT2D eigenvalue weighted by Gasteiger charge is -2.06. The number of esters is 1. The third kappa shape index (κ3) is 5.58. The standard InChI is InChI=1S/C19H20O4/c1-2-22-19(21)10-6-9-18(20)15-11-13-17(14-12-15)23-16-7-4-3-5-8-16/h3-5,7-8,11-14H,2,6,9-10H2,1H3. The van der Waals surface area contributed by atoms with E-state index in [1.807, 2.05) is 30.3 Å². The van der Waals surface area contributed by atoms with Crippen LogP contribution in [0.15, 0.2) is 54.6 Å². The van der Waals surface area contributed by atoms with Gasteiger partial charge in [-0.1, -0.05) is 18.2 Å². The summed E-state index contributed by atoms with van der Waals surface area (Å²) in [7, 11) is 0. The Labute approximate surface area is 136 Å². The van der Waals surface area contributed by atoms with Crippen molar-refractivity contribution in [3.8, 4) is 11.5 Å². The molecule has 0 spiro atoms. The minimum Gasteiger partial charge on any atom is -0.466 e. The lowest BCUT2D eigenvalue weighted by molar-refractivity contribution is -0.143. The Hall–Kier alpha value is -2.62. The zero-order chi connectivity index (χ0) is 16.5. The molecule has 0 aromatic heterocycles. The summed E-state index contributed by atoms with van der Waals surface area (Å²) in [6.07, 6.45) is 1.10. The number of ketones is 1. The Morgan fingerprint density at radius 2 is 1.52 bits per heavy atom. The van der Waals surface area contributed by atoms with Crippen LogP contribution in [-0.2, 0) is 9.53 Å². The minimum absolute atomic E-state index is 0.0144. The summed E-state index contributed by atoms with van der Waals surface area (Å²) in [5.41, 5.74) is 0.620. The molecule has 0 saturated heterocycles. The smallest absolute Gasteiger partial charge is 0.305 e. The molecule has 2 aromatic carbocycles. The molecule has 0 amide bonds. The summed E-state index contributed by atoms with van der Waals surface area (Å²) in [5.74, 6) is 1.19. The Bertz CT molecular complexity index is 632. The van der Waals surface area contributed by atoms with Crippen molar-refractivity contribution in [1.29, 1.82) is 0 Å². The average molecular weight is 312 g/mol. The highest BCUT2D eigenvalue weighted by Crippen LogP contribution is 2.21. The van der Waals surface area contributed by atoms with Crippen molar-refractivity contribution in [2.45, 2.75) is 26.2 Å². The molecule has 0 atom stereocenters. The van der Waals surface area contributed by atoms with E-state index < -0.39 is 0 Å². The van der Waals surface area contributed by atoms with Gasteiger partial charge in [0.1, 0.15) is 11.5 Å². The highest BCUT2D eigenvalue weighted by molar-refractivity contribution is 5.96.